The fourth-order valence-electron chi connectivity index (χ4n) is 4.40. The topological polar surface area (TPSA) is 73.2 Å². The Bertz CT molecular complexity index is 848. The molecule has 1 heterocycles. The van der Waals surface area contributed by atoms with Crippen LogP contribution in [0.15, 0.2) is 73.1 Å². The van der Waals surface area contributed by atoms with Gasteiger partial charge in [-0.05, 0) is 30.4 Å². The van der Waals surface area contributed by atoms with Crippen LogP contribution in [0.25, 0.3) is 0 Å². The lowest BCUT2D eigenvalue weighted by molar-refractivity contribution is -0.0446. The van der Waals surface area contributed by atoms with Gasteiger partial charge in [0.25, 0.3) is 0 Å². The average Bonchev–Trinajstić information content (AvgIpc) is 3.17. The van der Waals surface area contributed by atoms with Gasteiger partial charge in [0, 0.05) is 31.4 Å². The van der Waals surface area contributed by atoms with Gasteiger partial charge in [-0.1, -0.05) is 93.3 Å². The van der Waals surface area contributed by atoms with Crippen molar-refractivity contribution < 1.29 is 18.9 Å². The predicted molar refractivity (Wildman–Crippen MR) is 132 cm³/mol. The summed E-state index contributed by atoms with van der Waals surface area (Å²) in [6.45, 7) is 3.56. The first-order chi connectivity index (χ1) is 16.0. The van der Waals surface area contributed by atoms with Gasteiger partial charge in [-0.25, -0.2) is 9.09 Å². The van der Waals surface area contributed by atoms with Crippen LogP contribution < -0.4 is 0 Å². The molecule has 0 saturated heterocycles. The number of phosphoric ester groups is 1. The molecule has 2 aromatic carbocycles. The van der Waals surface area contributed by atoms with Gasteiger partial charge in [-0.3, -0.25) is 0 Å². The third kappa shape index (κ3) is 8.31. The molecule has 2 N–H and O–H groups in total. The van der Waals surface area contributed by atoms with E-state index in [0.717, 1.165) is 32.2 Å². The second-order valence-electron chi connectivity index (χ2n) is 8.63. The third-order valence-electron chi connectivity index (χ3n) is 6.08. The fraction of sp³-hybridized carbons (Fsp3) is 0.462. The van der Waals surface area contributed by atoms with Gasteiger partial charge in [0.2, 0.25) is 6.35 Å². The lowest BCUT2D eigenvalue weighted by atomic mass is 9.87. The van der Waals surface area contributed by atoms with Crippen LogP contribution in [0.1, 0.15) is 68.9 Å². The molecule has 0 spiro atoms. The molecular formula is C26H37N2O4P. The molecule has 0 aromatic heterocycles. The summed E-state index contributed by atoms with van der Waals surface area (Å²) in [5, 5.41) is 0. The van der Waals surface area contributed by atoms with Crippen molar-refractivity contribution in [3.05, 3.63) is 84.2 Å². The quantitative estimate of drug-likeness (QED) is 0.258. The summed E-state index contributed by atoms with van der Waals surface area (Å²) in [4.78, 5) is 22.7. The van der Waals surface area contributed by atoms with Gasteiger partial charge in [-0.15, -0.1) is 0 Å². The van der Waals surface area contributed by atoms with E-state index in [1.807, 2.05) is 34.3 Å². The SMILES string of the molecule is CCCCCCCN1C=CN(CCCC(c2ccccc2)c2ccccc2)C1OP(=O)(O)O. The Kier molecular flexibility index (Phi) is 10.0. The monoisotopic (exact) mass is 472 g/mol. The molecule has 0 bridgehead atoms. The molecule has 1 aliphatic rings. The van der Waals surface area contributed by atoms with Crippen LogP contribution >= 0.6 is 7.82 Å². The molecule has 0 aliphatic carbocycles. The molecule has 3 rings (SSSR count). The van der Waals surface area contributed by atoms with Crippen LogP contribution in [0.5, 0.6) is 0 Å². The number of rotatable bonds is 14. The Balaban J connectivity index is 1.60. The van der Waals surface area contributed by atoms with Crippen molar-refractivity contribution in [3.63, 3.8) is 0 Å². The van der Waals surface area contributed by atoms with E-state index in [1.54, 1.807) is 0 Å². The lowest BCUT2D eigenvalue weighted by Gasteiger charge is -2.32. The fourth-order valence-corrected chi connectivity index (χ4v) is 4.88. The minimum absolute atomic E-state index is 0.273. The zero-order valence-electron chi connectivity index (χ0n) is 19.5. The van der Waals surface area contributed by atoms with Crippen LogP contribution in [-0.4, -0.2) is 39.0 Å². The molecule has 1 unspecified atom stereocenters. The summed E-state index contributed by atoms with van der Waals surface area (Å²) in [5.74, 6) is 0.273. The Labute approximate surface area is 198 Å². The molecule has 2 aromatic rings. The molecule has 33 heavy (non-hydrogen) atoms. The van der Waals surface area contributed by atoms with Crippen LogP contribution in [0.3, 0.4) is 0 Å². The highest BCUT2D eigenvalue weighted by molar-refractivity contribution is 7.46. The van der Waals surface area contributed by atoms with Crippen molar-refractivity contribution in [3.8, 4) is 0 Å². The number of hydrogen-bond donors (Lipinski definition) is 2. The number of hydrogen-bond acceptors (Lipinski definition) is 4. The third-order valence-corrected chi connectivity index (χ3v) is 6.54. The summed E-state index contributed by atoms with van der Waals surface area (Å²) in [5.41, 5.74) is 2.55. The molecule has 7 heteroatoms. The van der Waals surface area contributed by atoms with E-state index in [-0.39, 0.29) is 5.92 Å². The maximum atomic E-state index is 11.6. The molecular weight excluding hydrogens is 435 g/mol. The number of nitrogens with zero attached hydrogens (tertiary/aromatic N) is 2. The minimum atomic E-state index is -4.61. The van der Waals surface area contributed by atoms with Gasteiger partial charge in [-0.2, -0.15) is 0 Å². The molecule has 0 amide bonds. The van der Waals surface area contributed by atoms with Crippen LogP contribution in [0.4, 0.5) is 0 Å². The van der Waals surface area contributed by atoms with Crippen molar-refractivity contribution in [2.24, 2.45) is 0 Å². The minimum Gasteiger partial charge on any atom is -0.334 e. The highest BCUT2D eigenvalue weighted by atomic mass is 31.2. The Morgan fingerprint density at radius 2 is 1.33 bits per heavy atom. The summed E-state index contributed by atoms with van der Waals surface area (Å²) < 4.78 is 16.8. The molecule has 0 radical (unpaired) electrons. The van der Waals surface area contributed by atoms with E-state index in [2.05, 4.69) is 55.5 Å². The molecule has 1 atom stereocenters. The van der Waals surface area contributed by atoms with E-state index in [1.165, 1.54) is 30.4 Å². The van der Waals surface area contributed by atoms with Crippen LogP contribution in [-0.2, 0) is 9.09 Å². The van der Waals surface area contributed by atoms with E-state index >= 15 is 0 Å². The zero-order valence-corrected chi connectivity index (χ0v) is 20.4. The van der Waals surface area contributed by atoms with Gasteiger partial charge in [0.05, 0.1) is 0 Å². The summed E-state index contributed by atoms with van der Waals surface area (Å²) in [6, 6.07) is 21.0. The molecule has 0 fully saturated rings. The average molecular weight is 473 g/mol. The summed E-state index contributed by atoms with van der Waals surface area (Å²) in [6.07, 6.45) is 10.5. The maximum Gasteiger partial charge on any atom is 0.472 e. The largest absolute Gasteiger partial charge is 0.472 e. The Morgan fingerprint density at radius 3 is 1.85 bits per heavy atom. The summed E-state index contributed by atoms with van der Waals surface area (Å²) in [7, 11) is -4.61. The second kappa shape index (κ2) is 13.0. The highest BCUT2D eigenvalue weighted by Crippen LogP contribution is 2.40. The predicted octanol–water partition coefficient (Wildman–Crippen LogP) is 6.05. The first kappa shape index (κ1) is 25.5. The van der Waals surface area contributed by atoms with Crippen molar-refractivity contribution in [1.29, 1.82) is 0 Å². The van der Waals surface area contributed by atoms with Gasteiger partial charge in [0.1, 0.15) is 0 Å². The molecule has 1 aliphatic heterocycles. The number of phosphoric acid groups is 1. The smallest absolute Gasteiger partial charge is 0.334 e. The number of benzene rings is 2. The van der Waals surface area contributed by atoms with Crippen molar-refractivity contribution in [2.75, 3.05) is 13.1 Å². The van der Waals surface area contributed by atoms with E-state index < -0.39 is 14.2 Å². The first-order valence-corrected chi connectivity index (χ1v) is 13.5. The van der Waals surface area contributed by atoms with E-state index in [9.17, 15) is 14.4 Å². The van der Waals surface area contributed by atoms with Gasteiger partial charge in [0.15, 0.2) is 0 Å². The number of unbranched alkanes of at least 4 members (excludes halogenated alkanes) is 4. The van der Waals surface area contributed by atoms with Crippen molar-refractivity contribution in [2.45, 2.75) is 64.1 Å². The van der Waals surface area contributed by atoms with Gasteiger partial charge < -0.3 is 19.6 Å². The standard InChI is InChI=1S/C26H37N2O4P/c1-2-3-4-5-12-19-27-21-22-28(26(27)32-33(29,30)31)20-13-18-25(23-14-8-6-9-15-23)24-16-10-7-11-17-24/h6-11,14-17,21-22,25-26H,2-5,12-13,18-20H2,1H3,(H2,29,30,31). The maximum absolute atomic E-state index is 11.6. The first-order valence-electron chi connectivity index (χ1n) is 12.0. The molecule has 0 saturated carbocycles. The lowest BCUT2D eigenvalue weighted by Crippen LogP contribution is -2.41. The normalized spacial score (nSPS) is 16.2. The van der Waals surface area contributed by atoms with Crippen molar-refractivity contribution >= 4 is 7.82 Å². The molecule has 180 valence electrons. The summed E-state index contributed by atoms with van der Waals surface area (Å²) >= 11 is 0. The van der Waals surface area contributed by atoms with Crippen LogP contribution in [0, 0.1) is 0 Å². The van der Waals surface area contributed by atoms with Gasteiger partial charge >= 0.3 is 7.82 Å². The van der Waals surface area contributed by atoms with E-state index in [4.69, 9.17) is 4.52 Å². The Morgan fingerprint density at radius 1 is 0.818 bits per heavy atom. The highest BCUT2D eigenvalue weighted by Gasteiger charge is 2.33. The van der Waals surface area contributed by atoms with E-state index in [0.29, 0.717) is 6.54 Å². The van der Waals surface area contributed by atoms with Crippen molar-refractivity contribution in [1.82, 2.24) is 9.80 Å². The second-order valence-corrected chi connectivity index (χ2v) is 9.82. The zero-order chi connectivity index (χ0) is 23.5. The molecule has 6 nitrogen and oxygen atoms in total. The Hall–Kier alpha value is -2.11. The van der Waals surface area contributed by atoms with Crippen LogP contribution in [0.2, 0.25) is 0 Å².